The van der Waals surface area contributed by atoms with Gasteiger partial charge in [0.25, 0.3) is 0 Å². The summed E-state index contributed by atoms with van der Waals surface area (Å²) in [6.45, 7) is 33.1. The fourth-order valence-electron chi connectivity index (χ4n) is 6.36. The molecule has 1 fully saturated rings. The zero-order valence-electron chi connectivity index (χ0n) is 26.2. The number of benzene rings is 2. The Morgan fingerprint density at radius 1 is 0.730 bits per heavy atom. The van der Waals surface area contributed by atoms with E-state index in [1.54, 1.807) is 0 Å². The minimum absolute atomic E-state index is 0.120. The molecule has 0 saturated carbocycles. The summed E-state index contributed by atoms with van der Waals surface area (Å²) in [7, 11) is -3.91. The van der Waals surface area contributed by atoms with Crippen LogP contribution >= 0.6 is 0 Å². The third kappa shape index (κ3) is 6.17. The summed E-state index contributed by atoms with van der Waals surface area (Å²) in [5.74, 6) is 0. The Morgan fingerprint density at radius 3 is 1.49 bits per heavy atom. The molecule has 0 bridgehead atoms. The van der Waals surface area contributed by atoms with E-state index in [2.05, 4.69) is 125 Å². The zero-order valence-corrected chi connectivity index (χ0v) is 28.2. The van der Waals surface area contributed by atoms with E-state index in [-0.39, 0.29) is 17.2 Å². The van der Waals surface area contributed by atoms with Gasteiger partial charge in [0.2, 0.25) is 0 Å². The van der Waals surface area contributed by atoms with Crippen LogP contribution in [0.5, 0.6) is 0 Å². The molecule has 2 atom stereocenters. The van der Waals surface area contributed by atoms with E-state index in [1.807, 2.05) is 0 Å². The minimum atomic E-state index is -2.02. The number of aryl methyl sites for hydroxylation is 6. The molecule has 1 heterocycles. The van der Waals surface area contributed by atoms with Gasteiger partial charge in [-0.25, -0.2) is 0 Å². The van der Waals surface area contributed by atoms with Gasteiger partial charge in [-0.1, -0.05) is 56.2 Å². The van der Waals surface area contributed by atoms with E-state index in [1.165, 1.54) is 44.5 Å². The predicted molar refractivity (Wildman–Crippen MR) is 165 cm³/mol. The first-order chi connectivity index (χ1) is 16.8. The van der Waals surface area contributed by atoms with Gasteiger partial charge in [-0.3, -0.25) is 0 Å². The smallest absolute Gasteiger partial charge is 0.192 e. The molecule has 1 aliphatic rings. The summed E-state index contributed by atoms with van der Waals surface area (Å²) in [5.41, 5.74) is 9.93. The molecule has 0 radical (unpaired) electrons. The maximum absolute atomic E-state index is 7.56. The number of hydrogen-bond donors (Lipinski definition) is 1. The Balaban J connectivity index is 2.30. The summed E-state index contributed by atoms with van der Waals surface area (Å²) in [6.07, 6.45) is 1.13. The molecule has 3 rings (SSSR count). The van der Waals surface area contributed by atoms with E-state index in [9.17, 15) is 0 Å². The monoisotopic (exact) mass is 539 g/mol. The van der Waals surface area contributed by atoms with E-state index in [0.29, 0.717) is 0 Å². The van der Waals surface area contributed by atoms with Crippen LogP contribution in [0.25, 0.3) is 0 Å². The standard InChI is InChI=1S/C32H53NO2Si2/c1-21-15-23(3)29(24(4)16-21)32(35-36(10,11)12,30-25(5)17-22(2)18-26(30)6)28-19-27(20-33-28)34-37(13,14)31(7,8)9/h15-18,27-28,33H,19-20H2,1-14H3/t27-,28+/m1/s1. The average Bonchev–Trinajstić information content (AvgIpc) is 3.12. The van der Waals surface area contributed by atoms with Crippen LogP contribution in [0, 0.1) is 41.5 Å². The van der Waals surface area contributed by atoms with Gasteiger partial charge in [0.1, 0.15) is 5.60 Å². The van der Waals surface area contributed by atoms with Crippen LogP contribution in [-0.2, 0) is 14.5 Å². The summed E-state index contributed by atoms with van der Waals surface area (Å²) in [6, 6.07) is 9.46. The Morgan fingerprint density at radius 2 is 1.14 bits per heavy atom. The topological polar surface area (TPSA) is 30.5 Å². The molecule has 206 valence electrons. The third-order valence-corrected chi connectivity index (χ3v) is 13.9. The van der Waals surface area contributed by atoms with Gasteiger partial charge < -0.3 is 14.2 Å². The number of nitrogens with one attached hydrogen (secondary N) is 1. The van der Waals surface area contributed by atoms with Crippen LogP contribution in [-0.4, -0.2) is 35.3 Å². The summed E-state index contributed by atoms with van der Waals surface area (Å²) in [4.78, 5) is 0. The van der Waals surface area contributed by atoms with E-state index < -0.39 is 22.2 Å². The van der Waals surface area contributed by atoms with Crippen molar-refractivity contribution in [3.8, 4) is 0 Å². The maximum Gasteiger partial charge on any atom is 0.192 e. The Hall–Kier alpha value is -1.25. The molecule has 0 aliphatic carbocycles. The van der Waals surface area contributed by atoms with E-state index in [4.69, 9.17) is 8.85 Å². The van der Waals surface area contributed by atoms with Gasteiger partial charge >= 0.3 is 0 Å². The molecule has 1 saturated heterocycles. The average molecular weight is 540 g/mol. The highest BCUT2D eigenvalue weighted by Crippen LogP contribution is 2.48. The minimum Gasteiger partial charge on any atom is -0.413 e. The van der Waals surface area contributed by atoms with Crippen molar-refractivity contribution in [2.45, 2.75) is 124 Å². The van der Waals surface area contributed by atoms with Gasteiger partial charge in [-0.05, 0) is 119 Å². The molecule has 0 aromatic heterocycles. The van der Waals surface area contributed by atoms with Crippen molar-refractivity contribution in [1.82, 2.24) is 5.32 Å². The van der Waals surface area contributed by atoms with Crippen molar-refractivity contribution in [3.63, 3.8) is 0 Å². The highest BCUT2D eigenvalue weighted by Gasteiger charge is 2.52. The zero-order chi connectivity index (χ0) is 28.1. The van der Waals surface area contributed by atoms with Crippen LogP contribution in [0.15, 0.2) is 24.3 Å². The first kappa shape index (κ1) is 30.3. The molecule has 0 spiro atoms. The third-order valence-electron chi connectivity index (χ3n) is 8.41. The normalized spacial score (nSPS) is 19.5. The first-order valence-electron chi connectivity index (χ1n) is 14.1. The lowest BCUT2D eigenvalue weighted by Gasteiger charge is -2.47. The molecular formula is C32H53NO2Si2. The van der Waals surface area contributed by atoms with Crippen molar-refractivity contribution in [2.24, 2.45) is 0 Å². The lowest BCUT2D eigenvalue weighted by molar-refractivity contribution is 0.0565. The molecule has 37 heavy (non-hydrogen) atoms. The second kappa shape index (κ2) is 10.4. The van der Waals surface area contributed by atoms with E-state index in [0.717, 1.165) is 13.0 Å². The Labute approximate surface area is 230 Å². The molecular weight excluding hydrogens is 487 g/mol. The van der Waals surface area contributed by atoms with Crippen molar-refractivity contribution in [1.29, 1.82) is 0 Å². The predicted octanol–water partition coefficient (Wildman–Crippen LogP) is 8.38. The van der Waals surface area contributed by atoms with Crippen LogP contribution < -0.4 is 5.32 Å². The van der Waals surface area contributed by atoms with Crippen LogP contribution in [0.4, 0.5) is 0 Å². The van der Waals surface area contributed by atoms with Gasteiger partial charge in [-0.15, -0.1) is 0 Å². The molecule has 2 aromatic carbocycles. The number of hydrogen-bond acceptors (Lipinski definition) is 3. The van der Waals surface area contributed by atoms with Gasteiger partial charge in [0.15, 0.2) is 16.6 Å². The highest BCUT2D eigenvalue weighted by atomic mass is 28.4. The van der Waals surface area contributed by atoms with Gasteiger partial charge in [0.05, 0.1) is 6.10 Å². The lowest BCUT2D eigenvalue weighted by Crippen LogP contribution is -2.54. The Bertz CT molecular complexity index is 1040. The molecule has 2 aromatic rings. The quantitative estimate of drug-likeness (QED) is 0.358. The number of rotatable bonds is 7. The molecule has 0 amide bonds. The van der Waals surface area contributed by atoms with Crippen molar-refractivity contribution in [3.05, 3.63) is 68.8 Å². The lowest BCUT2D eigenvalue weighted by atomic mass is 9.72. The van der Waals surface area contributed by atoms with Crippen LogP contribution in [0.2, 0.25) is 37.8 Å². The van der Waals surface area contributed by atoms with Crippen molar-refractivity contribution < 1.29 is 8.85 Å². The Kier molecular flexibility index (Phi) is 8.50. The molecule has 5 heteroatoms. The largest absolute Gasteiger partial charge is 0.413 e. The molecule has 0 unspecified atom stereocenters. The van der Waals surface area contributed by atoms with E-state index >= 15 is 0 Å². The first-order valence-corrected chi connectivity index (χ1v) is 20.4. The molecule has 1 N–H and O–H groups in total. The molecule has 3 nitrogen and oxygen atoms in total. The maximum atomic E-state index is 7.56. The van der Waals surface area contributed by atoms with Gasteiger partial charge in [-0.2, -0.15) is 0 Å². The second-order valence-corrected chi connectivity index (χ2v) is 23.4. The summed E-state index contributed by atoms with van der Waals surface area (Å²) >= 11 is 0. The van der Waals surface area contributed by atoms with Gasteiger partial charge in [0, 0.05) is 12.6 Å². The van der Waals surface area contributed by atoms with Crippen LogP contribution in [0.1, 0.15) is 71.7 Å². The highest BCUT2D eigenvalue weighted by molar-refractivity contribution is 6.74. The fourth-order valence-corrected chi connectivity index (χ4v) is 9.04. The second-order valence-electron chi connectivity index (χ2n) is 14.2. The summed E-state index contributed by atoms with van der Waals surface area (Å²) in [5, 5.41) is 4.16. The van der Waals surface area contributed by atoms with Crippen LogP contribution in [0.3, 0.4) is 0 Å². The van der Waals surface area contributed by atoms with Crippen molar-refractivity contribution >= 4 is 16.6 Å². The SMILES string of the molecule is Cc1cc(C)c(C(O[Si](C)(C)C)(c2c(C)cc(C)cc2C)[C@@H]2C[C@@H](O[Si](C)(C)C(C)(C)C)CN2)c(C)c1. The summed E-state index contributed by atoms with van der Waals surface area (Å²) < 4.78 is 14.5. The van der Waals surface area contributed by atoms with Crippen molar-refractivity contribution in [2.75, 3.05) is 6.54 Å². The molecule has 1 aliphatic heterocycles. The fraction of sp³-hybridized carbons (Fsp3) is 0.625.